The van der Waals surface area contributed by atoms with Crippen LogP contribution >= 0.6 is 0 Å². The molecule has 0 unspecified atom stereocenters. The molecule has 1 aromatic heterocycles. The molecule has 3 rings (SSSR count). The number of nitrogens with one attached hydrogen (secondary N) is 2. The summed E-state index contributed by atoms with van der Waals surface area (Å²) in [6.45, 7) is 0.0360. The zero-order valence-electron chi connectivity index (χ0n) is 14.6. The Hall–Kier alpha value is -2.76. The van der Waals surface area contributed by atoms with Crippen LogP contribution < -0.4 is 10.6 Å². The van der Waals surface area contributed by atoms with Crippen LogP contribution in [0.1, 0.15) is 5.76 Å². The second-order valence-corrected chi connectivity index (χ2v) is 7.76. The van der Waals surface area contributed by atoms with Gasteiger partial charge in [0.25, 0.3) is 0 Å². The summed E-state index contributed by atoms with van der Waals surface area (Å²) in [5.41, 5.74) is 0. The van der Waals surface area contributed by atoms with Crippen molar-refractivity contribution >= 4 is 21.8 Å². The number of rotatable bonds is 6. The fraction of sp³-hybridized carbons (Fsp3) is 0.294. The predicted octanol–water partition coefficient (Wildman–Crippen LogP) is 0.198. The molecule has 0 saturated carbocycles. The molecule has 0 radical (unpaired) electrons. The smallest absolute Gasteiger partial charge is 0.309 e. The highest BCUT2D eigenvalue weighted by Gasteiger charge is 2.36. The van der Waals surface area contributed by atoms with Gasteiger partial charge in [0.2, 0.25) is 10.0 Å². The van der Waals surface area contributed by atoms with E-state index in [2.05, 4.69) is 10.6 Å². The molecule has 0 spiro atoms. The van der Waals surface area contributed by atoms with E-state index in [-0.39, 0.29) is 31.1 Å². The largest absolute Gasteiger partial charge is 0.467 e. The zero-order chi connectivity index (χ0) is 20.1. The molecule has 0 bridgehead atoms. The first-order valence-electron chi connectivity index (χ1n) is 8.35. The zero-order valence-corrected chi connectivity index (χ0v) is 15.4. The number of halogens is 1. The molecule has 2 aromatic rings. The maximum atomic E-state index is 13.0. The van der Waals surface area contributed by atoms with Gasteiger partial charge >= 0.3 is 11.8 Å². The van der Waals surface area contributed by atoms with Gasteiger partial charge in [-0.15, -0.1) is 0 Å². The molecular weight excluding hydrogens is 393 g/mol. The van der Waals surface area contributed by atoms with Crippen molar-refractivity contribution in [2.24, 2.45) is 0 Å². The summed E-state index contributed by atoms with van der Waals surface area (Å²) in [6, 6.07) is 7.69. The van der Waals surface area contributed by atoms with Gasteiger partial charge in [0, 0.05) is 6.54 Å². The van der Waals surface area contributed by atoms with Crippen molar-refractivity contribution in [3.05, 3.63) is 54.2 Å². The minimum Gasteiger partial charge on any atom is -0.467 e. The Kier molecular flexibility index (Phi) is 6.07. The fourth-order valence-corrected chi connectivity index (χ4v) is 4.12. The predicted molar refractivity (Wildman–Crippen MR) is 93.6 cm³/mol. The lowest BCUT2D eigenvalue weighted by Crippen LogP contribution is -2.47. The third-order valence-electron chi connectivity index (χ3n) is 4.01. The van der Waals surface area contributed by atoms with E-state index in [0.29, 0.717) is 5.76 Å². The highest BCUT2D eigenvalue weighted by Crippen LogP contribution is 2.22. The first-order chi connectivity index (χ1) is 13.4. The van der Waals surface area contributed by atoms with E-state index in [1.807, 2.05) is 0 Å². The first kappa shape index (κ1) is 20.0. The van der Waals surface area contributed by atoms with Crippen molar-refractivity contribution in [3.63, 3.8) is 0 Å². The number of hydrogen-bond donors (Lipinski definition) is 2. The van der Waals surface area contributed by atoms with Crippen LogP contribution in [-0.2, 0) is 30.9 Å². The van der Waals surface area contributed by atoms with Gasteiger partial charge in [-0.2, -0.15) is 4.31 Å². The summed E-state index contributed by atoms with van der Waals surface area (Å²) in [5, 5.41) is 4.72. The van der Waals surface area contributed by atoms with E-state index >= 15 is 0 Å². The molecule has 1 aliphatic heterocycles. The Morgan fingerprint density at radius 2 is 1.86 bits per heavy atom. The van der Waals surface area contributed by atoms with Crippen LogP contribution in [0, 0.1) is 5.82 Å². The molecular formula is C17H18FN3O6S. The maximum absolute atomic E-state index is 13.0. The molecule has 2 N–H and O–H groups in total. The highest BCUT2D eigenvalue weighted by atomic mass is 32.2. The summed E-state index contributed by atoms with van der Waals surface area (Å²) in [4.78, 5) is 23.6. The van der Waals surface area contributed by atoms with Crippen LogP contribution in [0.15, 0.2) is 52.0 Å². The molecule has 150 valence electrons. The molecule has 2 amide bonds. The minimum atomic E-state index is -3.94. The van der Waals surface area contributed by atoms with Gasteiger partial charge < -0.3 is 19.8 Å². The number of benzene rings is 1. The molecule has 0 aliphatic carbocycles. The van der Waals surface area contributed by atoms with Crippen LogP contribution in [0.2, 0.25) is 0 Å². The van der Waals surface area contributed by atoms with E-state index in [9.17, 15) is 22.4 Å². The van der Waals surface area contributed by atoms with Crippen LogP contribution in [0.25, 0.3) is 0 Å². The van der Waals surface area contributed by atoms with Crippen molar-refractivity contribution in [2.45, 2.75) is 17.7 Å². The lowest BCUT2D eigenvalue weighted by molar-refractivity contribution is -0.139. The normalized spacial score (nSPS) is 17.4. The number of furan rings is 1. The van der Waals surface area contributed by atoms with E-state index in [0.717, 1.165) is 28.6 Å². The van der Waals surface area contributed by atoms with Crippen molar-refractivity contribution in [2.75, 3.05) is 19.7 Å². The summed E-state index contributed by atoms with van der Waals surface area (Å²) in [6.07, 6.45) is 0.465. The summed E-state index contributed by atoms with van der Waals surface area (Å²) in [7, 11) is -3.94. The SMILES string of the molecule is O=C(NCc1ccco1)C(=O)NC[C@H]1OCCN1S(=O)(=O)c1ccc(F)cc1. The number of sulfonamides is 1. The van der Waals surface area contributed by atoms with Crippen LogP contribution in [0.4, 0.5) is 4.39 Å². The molecule has 1 saturated heterocycles. The third kappa shape index (κ3) is 4.55. The minimum absolute atomic E-state index is 0.0459. The Morgan fingerprint density at radius 3 is 2.54 bits per heavy atom. The van der Waals surface area contributed by atoms with E-state index in [1.165, 1.54) is 6.26 Å². The van der Waals surface area contributed by atoms with Crippen LogP contribution in [0.5, 0.6) is 0 Å². The number of hydrogen-bond acceptors (Lipinski definition) is 6. The van der Waals surface area contributed by atoms with E-state index in [1.54, 1.807) is 12.1 Å². The Balaban J connectivity index is 1.56. The lowest BCUT2D eigenvalue weighted by atomic mass is 10.4. The van der Waals surface area contributed by atoms with Crippen molar-refractivity contribution < 1.29 is 31.6 Å². The highest BCUT2D eigenvalue weighted by molar-refractivity contribution is 7.89. The molecule has 1 fully saturated rings. The monoisotopic (exact) mass is 411 g/mol. The van der Waals surface area contributed by atoms with Crippen LogP contribution in [-0.4, -0.2) is 50.5 Å². The Labute approximate surface area is 160 Å². The number of carbonyl (C=O) groups excluding carboxylic acids is 2. The molecule has 9 nitrogen and oxygen atoms in total. The molecule has 1 atom stereocenters. The summed E-state index contributed by atoms with van der Waals surface area (Å²) in [5.74, 6) is -1.89. The molecule has 2 heterocycles. The molecule has 11 heteroatoms. The first-order valence-corrected chi connectivity index (χ1v) is 9.79. The van der Waals surface area contributed by atoms with Crippen molar-refractivity contribution in [1.82, 2.24) is 14.9 Å². The summed E-state index contributed by atoms with van der Waals surface area (Å²) < 4.78 is 49.9. The van der Waals surface area contributed by atoms with Gasteiger partial charge in [-0.05, 0) is 36.4 Å². The molecule has 28 heavy (non-hydrogen) atoms. The van der Waals surface area contributed by atoms with Gasteiger partial charge in [0.15, 0.2) is 0 Å². The number of nitrogens with zero attached hydrogens (tertiary/aromatic N) is 1. The topological polar surface area (TPSA) is 118 Å². The maximum Gasteiger partial charge on any atom is 0.309 e. The van der Waals surface area contributed by atoms with Crippen molar-refractivity contribution in [1.29, 1.82) is 0 Å². The van der Waals surface area contributed by atoms with Gasteiger partial charge in [-0.3, -0.25) is 9.59 Å². The van der Waals surface area contributed by atoms with Gasteiger partial charge in [-0.1, -0.05) is 0 Å². The fourth-order valence-electron chi connectivity index (χ4n) is 2.60. The second kappa shape index (κ2) is 8.50. The van der Waals surface area contributed by atoms with Gasteiger partial charge in [0.1, 0.15) is 17.8 Å². The molecule has 1 aromatic carbocycles. The van der Waals surface area contributed by atoms with E-state index < -0.39 is 33.9 Å². The number of amides is 2. The standard InChI is InChI=1S/C17H18FN3O6S/c18-12-3-5-14(6-4-12)28(24,25)21-7-9-27-15(21)11-20-17(23)16(22)19-10-13-2-1-8-26-13/h1-6,8,15H,7,9-11H2,(H,19,22)(H,20,23)/t15-/m1/s1. The Morgan fingerprint density at radius 1 is 1.14 bits per heavy atom. The van der Waals surface area contributed by atoms with Crippen molar-refractivity contribution in [3.8, 4) is 0 Å². The average molecular weight is 411 g/mol. The van der Waals surface area contributed by atoms with Gasteiger partial charge in [0.05, 0.1) is 30.9 Å². The van der Waals surface area contributed by atoms with Crippen LogP contribution in [0.3, 0.4) is 0 Å². The Bertz CT molecular complexity index is 930. The quantitative estimate of drug-likeness (QED) is 0.656. The summed E-state index contributed by atoms with van der Waals surface area (Å²) >= 11 is 0. The third-order valence-corrected chi connectivity index (χ3v) is 5.91. The molecule has 1 aliphatic rings. The van der Waals surface area contributed by atoms with Gasteiger partial charge in [-0.25, -0.2) is 12.8 Å². The number of ether oxygens (including phenoxy) is 1. The lowest BCUT2D eigenvalue weighted by Gasteiger charge is -2.22. The number of carbonyl (C=O) groups is 2. The second-order valence-electron chi connectivity index (χ2n) is 5.87. The van der Waals surface area contributed by atoms with E-state index in [4.69, 9.17) is 9.15 Å². The average Bonchev–Trinajstić information content (AvgIpc) is 3.36.